The van der Waals surface area contributed by atoms with E-state index in [1.54, 1.807) is 19.1 Å². The molecule has 9 heteroatoms. The third kappa shape index (κ3) is 4.66. The van der Waals surface area contributed by atoms with Crippen molar-refractivity contribution in [2.24, 2.45) is 0 Å². The van der Waals surface area contributed by atoms with Gasteiger partial charge >= 0.3 is 0 Å². The predicted molar refractivity (Wildman–Crippen MR) is 115 cm³/mol. The highest BCUT2D eigenvalue weighted by molar-refractivity contribution is 5.93. The molecule has 2 heterocycles. The van der Waals surface area contributed by atoms with Crippen molar-refractivity contribution >= 4 is 17.0 Å². The van der Waals surface area contributed by atoms with Gasteiger partial charge in [-0.05, 0) is 32.0 Å². The quantitative estimate of drug-likeness (QED) is 0.448. The second kappa shape index (κ2) is 9.42. The van der Waals surface area contributed by atoms with Gasteiger partial charge < -0.3 is 19.3 Å². The van der Waals surface area contributed by atoms with Crippen molar-refractivity contribution in [3.05, 3.63) is 65.7 Å². The van der Waals surface area contributed by atoms with E-state index in [1.807, 2.05) is 31.2 Å². The molecule has 2 aromatic carbocycles. The maximum Gasteiger partial charge on any atom is 0.265 e. The molecule has 0 unspecified atom stereocenters. The Balaban J connectivity index is 1.51. The maximum absolute atomic E-state index is 13.7. The fourth-order valence-electron chi connectivity index (χ4n) is 3.19. The summed E-state index contributed by atoms with van der Waals surface area (Å²) in [6.45, 7) is 4.11. The number of fused-ring (bicyclic) bond motifs is 1. The summed E-state index contributed by atoms with van der Waals surface area (Å²) in [4.78, 5) is 20.9. The summed E-state index contributed by atoms with van der Waals surface area (Å²) in [6, 6.07) is 13.4. The summed E-state index contributed by atoms with van der Waals surface area (Å²) in [5.41, 5.74) is 1.87. The van der Waals surface area contributed by atoms with Crippen molar-refractivity contribution in [2.45, 2.75) is 20.4 Å². The first-order chi connectivity index (χ1) is 15.5. The van der Waals surface area contributed by atoms with Crippen LogP contribution in [0.2, 0.25) is 0 Å². The summed E-state index contributed by atoms with van der Waals surface area (Å²) in [5.74, 6) is 0.484. The molecule has 32 heavy (non-hydrogen) atoms. The third-order valence-electron chi connectivity index (χ3n) is 4.60. The van der Waals surface area contributed by atoms with Crippen molar-refractivity contribution in [1.82, 2.24) is 20.4 Å². The van der Waals surface area contributed by atoms with Gasteiger partial charge in [-0.2, -0.15) is 9.97 Å². The van der Waals surface area contributed by atoms with Crippen molar-refractivity contribution in [3.63, 3.8) is 0 Å². The summed E-state index contributed by atoms with van der Waals surface area (Å²) in [7, 11) is 0. The second-order valence-corrected chi connectivity index (χ2v) is 6.90. The van der Waals surface area contributed by atoms with Gasteiger partial charge in [0, 0.05) is 17.7 Å². The first-order valence-corrected chi connectivity index (χ1v) is 10.0. The molecule has 8 nitrogen and oxygen atoms in total. The third-order valence-corrected chi connectivity index (χ3v) is 4.60. The first kappa shape index (κ1) is 21.2. The predicted octanol–water partition coefficient (Wildman–Crippen LogP) is 3.83. The zero-order chi connectivity index (χ0) is 22.5. The highest BCUT2D eigenvalue weighted by atomic mass is 19.1. The van der Waals surface area contributed by atoms with Gasteiger partial charge in [-0.3, -0.25) is 4.79 Å². The second-order valence-electron chi connectivity index (χ2n) is 6.90. The first-order valence-electron chi connectivity index (χ1n) is 10.0. The van der Waals surface area contributed by atoms with E-state index in [4.69, 9.17) is 14.0 Å². The average Bonchev–Trinajstić information content (AvgIpc) is 3.21. The summed E-state index contributed by atoms with van der Waals surface area (Å²) in [5, 5.41) is 7.17. The molecule has 0 aliphatic heterocycles. The van der Waals surface area contributed by atoms with Gasteiger partial charge in [0.15, 0.2) is 6.61 Å². The monoisotopic (exact) mass is 436 g/mol. The van der Waals surface area contributed by atoms with E-state index in [-0.39, 0.29) is 24.1 Å². The van der Waals surface area contributed by atoms with E-state index in [2.05, 4.69) is 20.4 Å². The minimum Gasteiger partial charge on any atom is -0.494 e. The maximum atomic E-state index is 13.7. The lowest BCUT2D eigenvalue weighted by atomic mass is 10.1. The van der Waals surface area contributed by atoms with Crippen LogP contribution in [0.4, 0.5) is 4.39 Å². The van der Waals surface area contributed by atoms with Crippen LogP contribution in [0.3, 0.4) is 0 Å². The molecule has 0 aliphatic rings. The van der Waals surface area contributed by atoms with Gasteiger partial charge in [-0.15, -0.1) is 0 Å². The number of carbonyl (C=O) groups is 1. The Labute approximate surface area is 183 Å². The Hall–Kier alpha value is -4.01. The smallest absolute Gasteiger partial charge is 0.265 e. The Morgan fingerprint density at radius 3 is 2.78 bits per heavy atom. The summed E-state index contributed by atoms with van der Waals surface area (Å²) >= 11 is 0. The van der Waals surface area contributed by atoms with Gasteiger partial charge in [0.2, 0.25) is 5.88 Å². The van der Waals surface area contributed by atoms with Crippen molar-refractivity contribution < 1.29 is 23.2 Å². The number of amides is 1. The largest absolute Gasteiger partial charge is 0.494 e. The molecule has 0 aliphatic carbocycles. The highest BCUT2D eigenvalue weighted by Crippen LogP contribution is 2.33. The average molecular weight is 436 g/mol. The number of aryl methyl sites for hydroxylation is 1. The number of hydrogen-bond acceptors (Lipinski definition) is 7. The minimum absolute atomic E-state index is 0.137. The van der Waals surface area contributed by atoms with E-state index >= 15 is 0 Å². The molecule has 0 spiro atoms. The number of rotatable bonds is 8. The molecule has 164 valence electrons. The molecule has 0 bridgehead atoms. The van der Waals surface area contributed by atoms with Crippen LogP contribution in [0.1, 0.15) is 18.3 Å². The molecule has 1 amide bonds. The SMILES string of the molecule is CCOc1ccccc1CNC(=O)COc1nc(C)nc2onc(-c3cccc(F)c3)c12. The number of nitrogens with zero attached hydrogens (tertiary/aromatic N) is 3. The highest BCUT2D eigenvalue weighted by Gasteiger charge is 2.20. The lowest BCUT2D eigenvalue weighted by Crippen LogP contribution is -2.28. The fourth-order valence-corrected chi connectivity index (χ4v) is 3.19. The molecule has 0 saturated heterocycles. The van der Waals surface area contributed by atoms with Gasteiger partial charge in [0.05, 0.1) is 6.61 Å². The normalized spacial score (nSPS) is 10.8. The Morgan fingerprint density at radius 2 is 1.97 bits per heavy atom. The number of carbonyl (C=O) groups excluding carboxylic acids is 1. The minimum atomic E-state index is -0.416. The molecule has 2 aromatic heterocycles. The van der Waals surface area contributed by atoms with E-state index in [0.29, 0.717) is 41.4 Å². The van der Waals surface area contributed by atoms with Crippen LogP contribution < -0.4 is 14.8 Å². The van der Waals surface area contributed by atoms with Crippen molar-refractivity contribution in [3.8, 4) is 22.9 Å². The summed E-state index contributed by atoms with van der Waals surface area (Å²) in [6.07, 6.45) is 0. The zero-order valence-electron chi connectivity index (χ0n) is 17.6. The molecule has 0 radical (unpaired) electrons. The number of halogens is 1. The summed E-state index contributed by atoms with van der Waals surface area (Å²) < 4.78 is 30.3. The number of hydrogen-bond donors (Lipinski definition) is 1. The van der Waals surface area contributed by atoms with Crippen LogP contribution in [-0.2, 0) is 11.3 Å². The fraction of sp³-hybridized carbons (Fsp3) is 0.217. The zero-order valence-corrected chi connectivity index (χ0v) is 17.6. The van der Waals surface area contributed by atoms with Crippen LogP contribution >= 0.6 is 0 Å². The van der Waals surface area contributed by atoms with Crippen LogP contribution in [0.15, 0.2) is 53.1 Å². The topological polar surface area (TPSA) is 99.4 Å². The number of aromatic nitrogens is 3. The van der Waals surface area contributed by atoms with E-state index in [0.717, 1.165) is 5.56 Å². The van der Waals surface area contributed by atoms with Crippen LogP contribution in [-0.4, -0.2) is 34.2 Å². The van der Waals surface area contributed by atoms with Gasteiger partial charge in [-0.1, -0.05) is 35.5 Å². The molecule has 0 saturated carbocycles. The molecular formula is C23H21FN4O4. The van der Waals surface area contributed by atoms with E-state index in [9.17, 15) is 9.18 Å². The lowest BCUT2D eigenvalue weighted by molar-refractivity contribution is -0.123. The number of ether oxygens (including phenoxy) is 2. The van der Waals surface area contributed by atoms with Gasteiger partial charge in [-0.25, -0.2) is 4.39 Å². The number of para-hydroxylation sites is 1. The van der Waals surface area contributed by atoms with Crippen LogP contribution in [0, 0.1) is 12.7 Å². The lowest BCUT2D eigenvalue weighted by Gasteiger charge is -2.11. The standard InChI is InChI=1S/C23H21FN4O4/c1-3-30-18-10-5-4-7-16(18)12-25-19(29)13-31-22-20-21(15-8-6-9-17(24)11-15)28-32-23(20)27-14(2)26-22/h4-11H,3,12-13H2,1-2H3,(H,25,29). The van der Waals surface area contributed by atoms with E-state index in [1.165, 1.54) is 12.1 Å². The molecule has 4 rings (SSSR count). The Morgan fingerprint density at radius 1 is 1.12 bits per heavy atom. The van der Waals surface area contributed by atoms with Crippen LogP contribution in [0.5, 0.6) is 11.6 Å². The van der Waals surface area contributed by atoms with Gasteiger partial charge in [0.1, 0.15) is 28.5 Å². The molecule has 4 aromatic rings. The van der Waals surface area contributed by atoms with Crippen molar-refractivity contribution in [1.29, 1.82) is 0 Å². The molecule has 0 fully saturated rings. The molecule has 1 N–H and O–H groups in total. The Kier molecular flexibility index (Phi) is 6.25. The molecule has 0 atom stereocenters. The number of nitrogens with one attached hydrogen (secondary N) is 1. The van der Waals surface area contributed by atoms with Crippen molar-refractivity contribution in [2.75, 3.05) is 13.2 Å². The molecular weight excluding hydrogens is 415 g/mol. The van der Waals surface area contributed by atoms with Gasteiger partial charge in [0.25, 0.3) is 11.6 Å². The Bertz CT molecular complexity index is 1260. The van der Waals surface area contributed by atoms with Crippen LogP contribution in [0.25, 0.3) is 22.4 Å². The van der Waals surface area contributed by atoms with E-state index < -0.39 is 5.82 Å². The number of benzene rings is 2.